The van der Waals surface area contributed by atoms with Gasteiger partial charge in [-0.3, -0.25) is 4.79 Å². The predicted molar refractivity (Wildman–Crippen MR) is 85.2 cm³/mol. The van der Waals surface area contributed by atoms with E-state index < -0.39 is 17.9 Å². The molecule has 0 aliphatic heterocycles. The molecule has 1 aromatic carbocycles. The van der Waals surface area contributed by atoms with Gasteiger partial charge in [-0.1, -0.05) is 35.5 Å². The van der Waals surface area contributed by atoms with E-state index in [0.717, 1.165) is 0 Å². The average Bonchev–Trinajstić information content (AvgIpc) is 3.00. The Hall–Kier alpha value is -3.22. The Morgan fingerprint density at radius 1 is 1.25 bits per heavy atom. The molecule has 0 aliphatic rings. The number of aryl methyl sites for hydroxylation is 1. The summed E-state index contributed by atoms with van der Waals surface area (Å²) in [5.41, 5.74) is 1.93. The van der Waals surface area contributed by atoms with E-state index in [0.29, 0.717) is 27.9 Å². The zero-order valence-electron chi connectivity index (χ0n) is 13.1. The van der Waals surface area contributed by atoms with E-state index in [1.54, 1.807) is 37.3 Å². The molecular weight excluding hydrogens is 310 g/mol. The molecule has 2 aromatic heterocycles. The van der Waals surface area contributed by atoms with E-state index >= 15 is 0 Å². The predicted octanol–water partition coefficient (Wildman–Crippen LogP) is 2.18. The van der Waals surface area contributed by atoms with Crippen LogP contribution in [0.15, 0.2) is 47.1 Å². The Labute approximate surface area is 137 Å². The van der Waals surface area contributed by atoms with Crippen LogP contribution in [0.1, 0.15) is 27.7 Å². The average molecular weight is 325 g/mol. The standard InChI is InChI=1S/C17H15N3O4/c1-10-13-8-12(9-18-16(13)24-20-10)15(21)19-14(17(22)23-2)11-6-4-3-5-7-11/h3-9,14H,1-2H3,(H,19,21)/t14-/m0/s1. The zero-order chi connectivity index (χ0) is 17.1. The maximum Gasteiger partial charge on any atom is 0.333 e. The van der Waals surface area contributed by atoms with Crippen LogP contribution in [0.4, 0.5) is 0 Å². The lowest BCUT2D eigenvalue weighted by atomic mass is 10.1. The third-order valence-corrected chi connectivity index (χ3v) is 3.62. The number of nitrogens with one attached hydrogen (secondary N) is 1. The molecule has 122 valence electrons. The van der Waals surface area contributed by atoms with E-state index in [1.165, 1.54) is 13.3 Å². The second-order valence-electron chi connectivity index (χ2n) is 5.19. The van der Waals surface area contributed by atoms with Crippen molar-refractivity contribution in [1.29, 1.82) is 0 Å². The third kappa shape index (κ3) is 2.96. The number of carbonyl (C=O) groups is 2. The molecule has 0 saturated heterocycles. The number of nitrogens with zero attached hydrogens (tertiary/aromatic N) is 2. The lowest BCUT2D eigenvalue weighted by Gasteiger charge is -2.16. The Morgan fingerprint density at radius 2 is 2.00 bits per heavy atom. The molecule has 1 amide bonds. The van der Waals surface area contributed by atoms with Crippen molar-refractivity contribution in [2.75, 3.05) is 7.11 Å². The highest BCUT2D eigenvalue weighted by Crippen LogP contribution is 2.19. The Morgan fingerprint density at radius 3 is 2.71 bits per heavy atom. The molecule has 0 spiro atoms. The monoisotopic (exact) mass is 325 g/mol. The van der Waals surface area contributed by atoms with E-state index in [4.69, 9.17) is 9.26 Å². The van der Waals surface area contributed by atoms with Crippen LogP contribution in [0.3, 0.4) is 0 Å². The second-order valence-corrected chi connectivity index (χ2v) is 5.19. The molecule has 0 bridgehead atoms. The van der Waals surface area contributed by atoms with Gasteiger partial charge < -0.3 is 14.6 Å². The van der Waals surface area contributed by atoms with Gasteiger partial charge in [0.05, 0.1) is 23.8 Å². The Bertz CT molecular complexity index is 889. The van der Waals surface area contributed by atoms with Crippen LogP contribution in [-0.4, -0.2) is 29.1 Å². The van der Waals surface area contributed by atoms with Crippen molar-refractivity contribution >= 4 is 23.0 Å². The number of pyridine rings is 1. The van der Waals surface area contributed by atoms with Crippen LogP contribution in [-0.2, 0) is 9.53 Å². The van der Waals surface area contributed by atoms with Crippen LogP contribution < -0.4 is 5.32 Å². The fraction of sp³-hybridized carbons (Fsp3) is 0.176. The van der Waals surface area contributed by atoms with Gasteiger partial charge in [-0.25, -0.2) is 9.78 Å². The molecule has 0 aliphatic carbocycles. The number of hydrogen-bond donors (Lipinski definition) is 1. The highest BCUT2D eigenvalue weighted by molar-refractivity contribution is 5.99. The van der Waals surface area contributed by atoms with Gasteiger partial charge in [0.15, 0.2) is 6.04 Å². The Kier molecular flexibility index (Phi) is 4.24. The quantitative estimate of drug-likeness (QED) is 0.739. The molecule has 24 heavy (non-hydrogen) atoms. The number of aromatic nitrogens is 2. The fourth-order valence-corrected chi connectivity index (χ4v) is 2.33. The minimum absolute atomic E-state index is 0.304. The maximum absolute atomic E-state index is 12.5. The minimum Gasteiger partial charge on any atom is -0.467 e. The molecular formula is C17H15N3O4. The van der Waals surface area contributed by atoms with Crippen molar-refractivity contribution in [3.05, 3.63) is 59.4 Å². The van der Waals surface area contributed by atoms with Crippen molar-refractivity contribution < 1.29 is 18.8 Å². The van der Waals surface area contributed by atoms with Crippen LogP contribution in [0.5, 0.6) is 0 Å². The highest BCUT2D eigenvalue weighted by Gasteiger charge is 2.24. The van der Waals surface area contributed by atoms with E-state index in [9.17, 15) is 9.59 Å². The maximum atomic E-state index is 12.5. The lowest BCUT2D eigenvalue weighted by Crippen LogP contribution is -2.34. The van der Waals surface area contributed by atoms with E-state index in [-0.39, 0.29) is 0 Å². The molecule has 7 heteroatoms. The number of hydrogen-bond acceptors (Lipinski definition) is 6. The minimum atomic E-state index is -0.900. The van der Waals surface area contributed by atoms with Gasteiger partial charge in [0, 0.05) is 6.20 Å². The molecule has 7 nitrogen and oxygen atoms in total. The van der Waals surface area contributed by atoms with Crippen molar-refractivity contribution in [1.82, 2.24) is 15.5 Å². The smallest absolute Gasteiger partial charge is 0.333 e. The summed E-state index contributed by atoms with van der Waals surface area (Å²) in [6.07, 6.45) is 1.38. The van der Waals surface area contributed by atoms with Crippen LogP contribution in [0, 0.1) is 6.92 Å². The molecule has 3 aromatic rings. The Balaban J connectivity index is 1.89. The summed E-state index contributed by atoms with van der Waals surface area (Å²) in [7, 11) is 1.28. The molecule has 0 saturated carbocycles. The number of benzene rings is 1. The third-order valence-electron chi connectivity index (χ3n) is 3.62. The summed E-state index contributed by atoms with van der Waals surface area (Å²) in [4.78, 5) is 28.6. The topological polar surface area (TPSA) is 94.3 Å². The number of ether oxygens (including phenoxy) is 1. The number of esters is 1. The van der Waals surface area contributed by atoms with Gasteiger partial charge in [-0.05, 0) is 18.6 Å². The molecule has 0 radical (unpaired) electrons. The van der Waals surface area contributed by atoms with Crippen LogP contribution in [0.2, 0.25) is 0 Å². The highest BCUT2D eigenvalue weighted by atomic mass is 16.5. The molecule has 1 atom stereocenters. The summed E-state index contributed by atoms with van der Waals surface area (Å²) >= 11 is 0. The number of carbonyl (C=O) groups excluding carboxylic acids is 2. The first-order valence-corrected chi connectivity index (χ1v) is 7.26. The van der Waals surface area contributed by atoms with Gasteiger partial charge in [-0.2, -0.15) is 0 Å². The van der Waals surface area contributed by atoms with Gasteiger partial charge in [0.2, 0.25) is 0 Å². The number of rotatable bonds is 4. The van der Waals surface area contributed by atoms with Gasteiger partial charge in [-0.15, -0.1) is 0 Å². The first kappa shape index (κ1) is 15.7. The number of fused-ring (bicyclic) bond motifs is 1. The summed E-state index contributed by atoms with van der Waals surface area (Å²) in [6, 6.07) is 9.61. The van der Waals surface area contributed by atoms with E-state index in [1.807, 2.05) is 6.07 Å². The van der Waals surface area contributed by atoms with Crippen molar-refractivity contribution in [2.24, 2.45) is 0 Å². The molecule has 2 heterocycles. The molecule has 0 fully saturated rings. The SMILES string of the molecule is COC(=O)[C@@H](NC(=O)c1cnc2onc(C)c2c1)c1ccccc1. The lowest BCUT2D eigenvalue weighted by molar-refractivity contribution is -0.143. The van der Waals surface area contributed by atoms with E-state index in [2.05, 4.69) is 15.5 Å². The van der Waals surface area contributed by atoms with Crippen LogP contribution in [0.25, 0.3) is 11.1 Å². The summed E-state index contributed by atoms with van der Waals surface area (Å²) in [5, 5.41) is 7.13. The van der Waals surface area contributed by atoms with Gasteiger partial charge >= 0.3 is 5.97 Å². The van der Waals surface area contributed by atoms with Crippen LogP contribution >= 0.6 is 0 Å². The summed E-state index contributed by atoms with van der Waals surface area (Å²) < 4.78 is 9.81. The zero-order valence-corrected chi connectivity index (χ0v) is 13.1. The largest absolute Gasteiger partial charge is 0.467 e. The van der Waals surface area contributed by atoms with Gasteiger partial charge in [0.1, 0.15) is 0 Å². The molecule has 3 rings (SSSR count). The molecule has 0 unspecified atom stereocenters. The normalized spacial score (nSPS) is 11.9. The first-order valence-electron chi connectivity index (χ1n) is 7.26. The second kappa shape index (κ2) is 6.49. The summed E-state index contributed by atoms with van der Waals surface area (Å²) in [6.45, 7) is 1.76. The van der Waals surface area contributed by atoms with Crippen molar-refractivity contribution in [2.45, 2.75) is 13.0 Å². The first-order chi connectivity index (χ1) is 11.6. The van der Waals surface area contributed by atoms with Crippen molar-refractivity contribution in [3.63, 3.8) is 0 Å². The number of methoxy groups -OCH3 is 1. The van der Waals surface area contributed by atoms with Gasteiger partial charge in [0.25, 0.3) is 11.6 Å². The summed E-state index contributed by atoms with van der Waals surface area (Å²) in [5.74, 6) is -0.992. The fourth-order valence-electron chi connectivity index (χ4n) is 2.33. The van der Waals surface area contributed by atoms with Crippen molar-refractivity contribution in [3.8, 4) is 0 Å². The number of amides is 1. The molecule has 1 N–H and O–H groups in total.